The third kappa shape index (κ3) is 2.32. The molecule has 0 saturated carbocycles. The molecule has 2 heterocycles. The van der Waals surface area contributed by atoms with E-state index in [1.54, 1.807) is 29.2 Å². The van der Waals surface area contributed by atoms with E-state index in [4.69, 9.17) is 0 Å². The molecule has 1 N–H and O–H groups in total. The number of benzene rings is 1. The lowest BCUT2D eigenvalue weighted by Crippen LogP contribution is -2.50. The molecule has 1 atom stereocenters. The molecule has 1 amide bonds. The highest BCUT2D eigenvalue weighted by Crippen LogP contribution is 2.25. The molecule has 0 spiro atoms. The van der Waals surface area contributed by atoms with E-state index in [0.29, 0.717) is 13.2 Å². The van der Waals surface area contributed by atoms with Crippen molar-refractivity contribution in [3.8, 4) is 0 Å². The molecule has 2 aliphatic rings. The monoisotopic (exact) mass is 295 g/mol. The van der Waals surface area contributed by atoms with Crippen molar-refractivity contribution >= 4 is 21.4 Å². The maximum absolute atomic E-state index is 12.3. The van der Waals surface area contributed by atoms with Crippen LogP contribution in [0.15, 0.2) is 29.2 Å². The third-order valence-corrected chi connectivity index (χ3v) is 4.93. The van der Waals surface area contributed by atoms with E-state index in [1.165, 1.54) is 6.26 Å². The van der Waals surface area contributed by atoms with Gasteiger partial charge in [-0.3, -0.25) is 14.6 Å². The van der Waals surface area contributed by atoms with Crippen molar-refractivity contribution < 1.29 is 13.2 Å². The van der Waals surface area contributed by atoms with Gasteiger partial charge in [-0.1, -0.05) is 0 Å². The number of sulfone groups is 1. The number of carbonyl (C=O) groups excluding carboxylic acids is 1. The van der Waals surface area contributed by atoms with Gasteiger partial charge in [-0.2, -0.15) is 0 Å². The Kier molecular flexibility index (Phi) is 3.27. The van der Waals surface area contributed by atoms with Crippen LogP contribution >= 0.6 is 0 Å². The number of rotatable bonds is 2. The SMILES string of the molecule is CS(=O)(=O)c1ccc(N2CN3CCNCC3C2=O)cc1. The van der Waals surface area contributed by atoms with E-state index in [2.05, 4.69) is 10.2 Å². The number of amides is 1. The quantitative estimate of drug-likeness (QED) is 0.809. The van der Waals surface area contributed by atoms with Gasteiger partial charge in [0.15, 0.2) is 9.84 Å². The molecule has 3 rings (SSSR count). The van der Waals surface area contributed by atoms with Gasteiger partial charge in [0.1, 0.15) is 6.04 Å². The molecule has 20 heavy (non-hydrogen) atoms. The second-order valence-corrected chi connectivity index (χ2v) is 7.22. The fraction of sp³-hybridized carbons (Fsp3) is 0.462. The van der Waals surface area contributed by atoms with Gasteiger partial charge in [-0.15, -0.1) is 0 Å². The zero-order valence-electron chi connectivity index (χ0n) is 11.2. The number of nitrogens with one attached hydrogen (secondary N) is 1. The van der Waals surface area contributed by atoms with E-state index < -0.39 is 9.84 Å². The van der Waals surface area contributed by atoms with Crippen molar-refractivity contribution in [3.05, 3.63) is 24.3 Å². The Bertz CT molecular complexity index is 627. The first-order valence-electron chi connectivity index (χ1n) is 6.53. The zero-order chi connectivity index (χ0) is 14.3. The van der Waals surface area contributed by atoms with Crippen molar-refractivity contribution in [3.63, 3.8) is 0 Å². The molecule has 7 heteroatoms. The molecular weight excluding hydrogens is 278 g/mol. The Labute approximate surface area is 118 Å². The largest absolute Gasteiger partial charge is 0.313 e. The van der Waals surface area contributed by atoms with E-state index in [1.807, 2.05) is 0 Å². The van der Waals surface area contributed by atoms with E-state index >= 15 is 0 Å². The second kappa shape index (κ2) is 4.83. The number of nitrogens with zero attached hydrogens (tertiary/aromatic N) is 2. The van der Waals surface area contributed by atoms with Crippen molar-refractivity contribution in [1.29, 1.82) is 0 Å². The summed E-state index contributed by atoms with van der Waals surface area (Å²) in [5.74, 6) is 0.0734. The minimum Gasteiger partial charge on any atom is -0.313 e. The minimum absolute atomic E-state index is 0.0734. The van der Waals surface area contributed by atoms with Gasteiger partial charge in [0.2, 0.25) is 5.91 Å². The van der Waals surface area contributed by atoms with Crippen LogP contribution in [0.5, 0.6) is 0 Å². The fourth-order valence-electron chi connectivity index (χ4n) is 2.67. The molecule has 0 radical (unpaired) electrons. The number of anilines is 1. The summed E-state index contributed by atoms with van der Waals surface area (Å²) in [6.45, 7) is 3.00. The van der Waals surface area contributed by atoms with Gasteiger partial charge in [0.05, 0.1) is 11.6 Å². The van der Waals surface area contributed by atoms with E-state index in [0.717, 1.165) is 18.8 Å². The standard InChI is InChI=1S/C13H17N3O3S/c1-20(18,19)11-4-2-10(3-5-11)16-9-15-7-6-14-8-12(15)13(16)17/h2-5,12,14H,6-9H2,1H3. The summed E-state index contributed by atoms with van der Waals surface area (Å²) < 4.78 is 22.9. The van der Waals surface area contributed by atoms with Gasteiger partial charge < -0.3 is 5.32 Å². The zero-order valence-corrected chi connectivity index (χ0v) is 12.1. The summed E-state index contributed by atoms with van der Waals surface area (Å²) >= 11 is 0. The molecular formula is C13H17N3O3S. The molecule has 2 saturated heterocycles. The molecule has 1 unspecified atom stereocenters. The molecule has 2 aliphatic heterocycles. The Morgan fingerprint density at radius 2 is 1.95 bits per heavy atom. The summed E-state index contributed by atoms with van der Waals surface area (Å²) in [6, 6.07) is 6.39. The summed E-state index contributed by atoms with van der Waals surface area (Å²) in [7, 11) is -3.20. The Hall–Kier alpha value is -1.44. The lowest BCUT2D eigenvalue weighted by Gasteiger charge is -2.26. The summed E-state index contributed by atoms with van der Waals surface area (Å²) in [4.78, 5) is 16.5. The Morgan fingerprint density at radius 1 is 1.25 bits per heavy atom. The summed E-state index contributed by atoms with van der Waals surface area (Å²) in [5, 5.41) is 3.22. The van der Waals surface area contributed by atoms with Crippen LogP contribution in [-0.2, 0) is 14.6 Å². The Balaban J connectivity index is 1.85. The molecule has 1 aromatic rings. The predicted octanol–water partition coefficient (Wildman–Crippen LogP) is -0.332. The third-order valence-electron chi connectivity index (χ3n) is 3.80. The van der Waals surface area contributed by atoms with E-state index in [-0.39, 0.29) is 16.8 Å². The van der Waals surface area contributed by atoms with Crippen LogP contribution < -0.4 is 10.2 Å². The normalized spacial score (nSPS) is 23.9. The first kappa shape index (κ1) is 13.5. The number of hydrogen-bond donors (Lipinski definition) is 1. The van der Waals surface area contributed by atoms with Gasteiger partial charge in [0.25, 0.3) is 0 Å². The number of hydrogen-bond acceptors (Lipinski definition) is 5. The smallest absolute Gasteiger partial charge is 0.246 e. The summed E-state index contributed by atoms with van der Waals surface area (Å²) in [5.41, 5.74) is 0.747. The second-order valence-electron chi connectivity index (χ2n) is 5.21. The van der Waals surface area contributed by atoms with Gasteiger partial charge in [-0.05, 0) is 24.3 Å². The minimum atomic E-state index is -3.20. The molecule has 0 aliphatic carbocycles. The van der Waals surface area contributed by atoms with Crippen LogP contribution in [0.3, 0.4) is 0 Å². The lowest BCUT2D eigenvalue weighted by atomic mass is 10.2. The van der Waals surface area contributed by atoms with Gasteiger partial charge in [-0.25, -0.2) is 8.42 Å². The van der Waals surface area contributed by atoms with Crippen molar-refractivity contribution in [1.82, 2.24) is 10.2 Å². The number of carbonyl (C=O) groups is 1. The molecule has 108 valence electrons. The van der Waals surface area contributed by atoms with Crippen LogP contribution in [0.25, 0.3) is 0 Å². The molecule has 0 aromatic heterocycles. The maximum Gasteiger partial charge on any atom is 0.246 e. The van der Waals surface area contributed by atoms with Crippen LogP contribution in [0.1, 0.15) is 0 Å². The van der Waals surface area contributed by atoms with Crippen LogP contribution in [0, 0.1) is 0 Å². The number of piperazine rings is 1. The van der Waals surface area contributed by atoms with Crippen molar-refractivity contribution in [2.45, 2.75) is 10.9 Å². The summed E-state index contributed by atoms with van der Waals surface area (Å²) in [6.07, 6.45) is 1.18. The first-order valence-corrected chi connectivity index (χ1v) is 8.42. The van der Waals surface area contributed by atoms with Crippen LogP contribution in [-0.4, -0.2) is 57.8 Å². The maximum atomic E-state index is 12.3. The van der Waals surface area contributed by atoms with Crippen LogP contribution in [0.4, 0.5) is 5.69 Å². The highest BCUT2D eigenvalue weighted by molar-refractivity contribution is 7.90. The van der Waals surface area contributed by atoms with Crippen molar-refractivity contribution in [2.75, 3.05) is 37.5 Å². The van der Waals surface area contributed by atoms with Crippen molar-refractivity contribution in [2.24, 2.45) is 0 Å². The van der Waals surface area contributed by atoms with Gasteiger partial charge >= 0.3 is 0 Å². The van der Waals surface area contributed by atoms with Crippen LogP contribution in [0.2, 0.25) is 0 Å². The average Bonchev–Trinajstić information content (AvgIpc) is 2.76. The van der Waals surface area contributed by atoms with Gasteiger partial charge in [0, 0.05) is 31.6 Å². The molecule has 2 fully saturated rings. The Morgan fingerprint density at radius 3 is 2.55 bits per heavy atom. The lowest BCUT2D eigenvalue weighted by molar-refractivity contribution is -0.119. The first-order chi connectivity index (χ1) is 9.47. The molecule has 0 bridgehead atoms. The van der Waals surface area contributed by atoms with E-state index in [9.17, 15) is 13.2 Å². The number of fused-ring (bicyclic) bond motifs is 1. The highest BCUT2D eigenvalue weighted by Gasteiger charge is 2.40. The highest BCUT2D eigenvalue weighted by atomic mass is 32.2. The topological polar surface area (TPSA) is 69.7 Å². The predicted molar refractivity (Wildman–Crippen MR) is 75.3 cm³/mol. The molecule has 6 nitrogen and oxygen atoms in total. The molecule has 1 aromatic carbocycles. The fourth-order valence-corrected chi connectivity index (χ4v) is 3.30. The average molecular weight is 295 g/mol.